The first kappa shape index (κ1) is 33.3. The molecule has 3 atom stereocenters. The highest BCUT2D eigenvalue weighted by molar-refractivity contribution is 5.82. The summed E-state index contributed by atoms with van der Waals surface area (Å²) in [5.74, 6) is -0.187. The topological polar surface area (TPSA) is 90.4 Å². The number of hydrogen-bond acceptors (Lipinski definition) is 6. The molecule has 4 aromatic carbocycles. The average molecular weight is 647 g/mol. The molecule has 0 spiro atoms. The normalized spacial score (nSPS) is 17.8. The molecule has 48 heavy (non-hydrogen) atoms. The van der Waals surface area contributed by atoms with Gasteiger partial charge in [0.1, 0.15) is 0 Å². The Morgan fingerprint density at radius 2 is 1.35 bits per heavy atom. The number of carboxylic acid groups (broad SMARTS) is 1. The second-order valence-corrected chi connectivity index (χ2v) is 12.2. The molecule has 1 aliphatic rings. The van der Waals surface area contributed by atoms with Crippen molar-refractivity contribution in [3.8, 4) is 0 Å². The van der Waals surface area contributed by atoms with Gasteiger partial charge in [-0.25, -0.2) is 4.79 Å². The Morgan fingerprint density at radius 1 is 0.688 bits per heavy atom. The van der Waals surface area contributed by atoms with Crippen molar-refractivity contribution >= 4 is 16.9 Å². The first-order valence-corrected chi connectivity index (χ1v) is 16.4. The van der Waals surface area contributed by atoms with Crippen LogP contribution in [0.3, 0.4) is 0 Å². The maximum absolute atomic E-state index is 12.3. The lowest BCUT2D eigenvalue weighted by molar-refractivity contribution is -0.0575. The Balaban J connectivity index is 1.13. The molecule has 5 aromatic rings. The maximum Gasteiger partial charge on any atom is 0.407 e. The highest BCUT2D eigenvalue weighted by atomic mass is 16.5. The van der Waals surface area contributed by atoms with E-state index in [-0.39, 0.29) is 24.5 Å². The van der Waals surface area contributed by atoms with E-state index in [2.05, 4.69) is 59.6 Å². The molecule has 1 amide bonds. The summed E-state index contributed by atoms with van der Waals surface area (Å²) in [6.45, 7) is 3.86. The first-order chi connectivity index (χ1) is 23.6. The fourth-order valence-electron chi connectivity index (χ4n) is 6.31. The zero-order chi connectivity index (χ0) is 33.0. The van der Waals surface area contributed by atoms with Crippen LogP contribution in [0.4, 0.5) is 4.79 Å². The third kappa shape index (κ3) is 9.27. The molecule has 0 saturated carbocycles. The summed E-state index contributed by atoms with van der Waals surface area (Å²) in [5, 5.41) is 12.4. The van der Waals surface area contributed by atoms with Crippen molar-refractivity contribution in [2.45, 2.75) is 38.4 Å². The van der Waals surface area contributed by atoms with E-state index < -0.39 is 6.09 Å². The van der Waals surface area contributed by atoms with Crippen LogP contribution in [-0.2, 0) is 45.4 Å². The fraction of sp³-hybridized carbons (Fsp3) is 0.300. The molecule has 0 bridgehead atoms. The number of piperidine rings is 1. The third-order valence-corrected chi connectivity index (χ3v) is 8.75. The SMILES string of the molecule is O=C(O)N1CC(COCc2cccnc2)C(c2ccc(COCCOCc3ccccc3)cc2)C(OCc2ccc3ccccc3c2)C1. The van der Waals surface area contributed by atoms with Crippen molar-refractivity contribution in [1.29, 1.82) is 0 Å². The minimum atomic E-state index is -0.953. The summed E-state index contributed by atoms with van der Waals surface area (Å²) in [4.78, 5) is 17.9. The molecule has 1 saturated heterocycles. The molecular weight excluding hydrogens is 604 g/mol. The summed E-state index contributed by atoms with van der Waals surface area (Å²) in [6.07, 6.45) is 2.20. The van der Waals surface area contributed by atoms with Gasteiger partial charge in [0, 0.05) is 30.8 Å². The number of hydrogen-bond donors (Lipinski definition) is 1. The monoisotopic (exact) mass is 646 g/mol. The number of benzene rings is 4. The Morgan fingerprint density at radius 3 is 2.08 bits per heavy atom. The summed E-state index contributed by atoms with van der Waals surface area (Å²) in [6, 6.07) is 36.9. The van der Waals surface area contributed by atoms with Gasteiger partial charge in [-0.2, -0.15) is 0 Å². The van der Waals surface area contributed by atoms with Crippen LogP contribution in [0.25, 0.3) is 10.8 Å². The van der Waals surface area contributed by atoms with E-state index in [9.17, 15) is 9.90 Å². The van der Waals surface area contributed by atoms with Crippen LogP contribution < -0.4 is 0 Å². The highest BCUT2D eigenvalue weighted by Crippen LogP contribution is 2.36. The molecule has 0 radical (unpaired) electrons. The average Bonchev–Trinajstić information content (AvgIpc) is 3.13. The lowest BCUT2D eigenvalue weighted by Crippen LogP contribution is -2.52. The molecule has 248 valence electrons. The lowest BCUT2D eigenvalue weighted by atomic mass is 9.78. The summed E-state index contributed by atoms with van der Waals surface area (Å²) < 4.78 is 24.4. The highest BCUT2D eigenvalue weighted by Gasteiger charge is 2.40. The van der Waals surface area contributed by atoms with Gasteiger partial charge in [0.15, 0.2) is 0 Å². The number of ether oxygens (including phenoxy) is 4. The molecule has 1 N–H and O–H groups in total. The Kier molecular flexibility index (Phi) is 11.8. The first-order valence-electron chi connectivity index (χ1n) is 16.4. The zero-order valence-corrected chi connectivity index (χ0v) is 27.0. The van der Waals surface area contributed by atoms with Crippen LogP contribution in [0, 0.1) is 5.92 Å². The molecule has 1 aliphatic heterocycles. The van der Waals surface area contributed by atoms with Gasteiger partial charge in [-0.15, -0.1) is 0 Å². The number of pyridine rings is 1. The zero-order valence-electron chi connectivity index (χ0n) is 27.0. The van der Waals surface area contributed by atoms with Crippen LogP contribution in [0.2, 0.25) is 0 Å². The van der Waals surface area contributed by atoms with Crippen LogP contribution in [0.15, 0.2) is 122 Å². The van der Waals surface area contributed by atoms with E-state index in [1.54, 1.807) is 12.4 Å². The van der Waals surface area contributed by atoms with Gasteiger partial charge in [0.25, 0.3) is 0 Å². The number of aromatic nitrogens is 1. The molecule has 1 aromatic heterocycles. The van der Waals surface area contributed by atoms with Gasteiger partial charge < -0.3 is 29.0 Å². The number of amides is 1. The van der Waals surface area contributed by atoms with E-state index in [0.29, 0.717) is 52.8 Å². The van der Waals surface area contributed by atoms with Crippen molar-refractivity contribution < 1.29 is 28.8 Å². The van der Waals surface area contributed by atoms with Crippen LogP contribution >= 0.6 is 0 Å². The van der Waals surface area contributed by atoms with Gasteiger partial charge in [0.2, 0.25) is 0 Å². The minimum Gasteiger partial charge on any atom is -0.465 e. The van der Waals surface area contributed by atoms with Crippen molar-refractivity contribution in [3.63, 3.8) is 0 Å². The predicted octanol–water partition coefficient (Wildman–Crippen LogP) is 7.46. The van der Waals surface area contributed by atoms with Crippen LogP contribution in [-0.4, -0.2) is 60.1 Å². The number of rotatable bonds is 15. The number of fused-ring (bicyclic) bond motifs is 1. The van der Waals surface area contributed by atoms with Crippen molar-refractivity contribution in [2.24, 2.45) is 5.92 Å². The fourth-order valence-corrected chi connectivity index (χ4v) is 6.31. The summed E-state index contributed by atoms with van der Waals surface area (Å²) in [5.41, 5.74) is 5.31. The van der Waals surface area contributed by atoms with Crippen molar-refractivity contribution in [3.05, 3.63) is 149 Å². The Bertz CT molecular complexity index is 1720. The van der Waals surface area contributed by atoms with Gasteiger partial charge in [-0.1, -0.05) is 97.1 Å². The number of nitrogens with zero attached hydrogens (tertiary/aromatic N) is 2. The Hall–Kier alpha value is -4.60. The second-order valence-electron chi connectivity index (χ2n) is 12.2. The van der Waals surface area contributed by atoms with Gasteiger partial charge in [0.05, 0.1) is 58.9 Å². The van der Waals surface area contributed by atoms with Gasteiger partial charge in [-0.3, -0.25) is 4.98 Å². The lowest BCUT2D eigenvalue weighted by Gasteiger charge is -2.43. The number of carbonyl (C=O) groups is 1. The number of likely N-dealkylation sites (tertiary alicyclic amines) is 1. The van der Waals surface area contributed by atoms with Crippen molar-refractivity contribution in [2.75, 3.05) is 32.9 Å². The van der Waals surface area contributed by atoms with E-state index >= 15 is 0 Å². The molecule has 8 heteroatoms. The molecule has 1 fully saturated rings. The summed E-state index contributed by atoms with van der Waals surface area (Å²) in [7, 11) is 0. The van der Waals surface area contributed by atoms with E-state index in [1.807, 2.05) is 54.6 Å². The molecule has 2 heterocycles. The quantitative estimate of drug-likeness (QED) is 0.118. The molecule has 3 unspecified atom stereocenters. The Labute approximate surface area is 281 Å². The van der Waals surface area contributed by atoms with E-state index in [0.717, 1.165) is 33.2 Å². The van der Waals surface area contributed by atoms with E-state index in [4.69, 9.17) is 18.9 Å². The summed E-state index contributed by atoms with van der Waals surface area (Å²) >= 11 is 0. The largest absolute Gasteiger partial charge is 0.465 e. The minimum absolute atomic E-state index is 0.0729. The molecule has 6 rings (SSSR count). The molecule has 8 nitrogen and oxygen atoms in total. The van der Waals surface area contributed by atoms with Crippen molar-refractivity contribution in [1.82, 2.24) is 9.88 Å². The molecular formula is C40H42N2O6. The molecule has 0 aliphatic carbocycles. The standard InChI is InChI=1S/C40H42N2O6/c43-40(44)42-23-37(29-47-27-33-9-6-18-41-22-33)39(38(24-42)48-28-32-14-15-34-10-4-5-11-36(34)21-32)35-16-12-31(13-17-35)26-46-20-19-45-25-30-7-2-1-3-8-30/h1-18,21-22,37-39H,19-20,23-29H2,(H,43,44). The smallest absolute Gasteiger partial charge is 0.407 e. The van der Waals surface area contributed by atoms with E-state index in [1.165, 1.54) is 10.3 Å². The van der Waals surface area contributed by atoms with Crippen LogP contribution in [0.1, 0.15) is 33.7 Å². The van der Waals surface area contributed by atoms with Gasteiger partial charge >= 0.3 is 6.09 Å². The third-order valence-electron chi connectivity index (χ3n) is 8.75. The predicted molar refractivity (Wildman–Crippen MR) is 184 cm³/mol. The van der Waals surface area contributed by atoms with Crippen LogP contribution in [0.5, 0.6) is 0 Å². The second kappa shape index (κ2) is 17.0. The maximum atomic E-state index is 12.3. The van der Waals surface area contributed by atoms with Gasteiger partial charge in [-0.05, 0) is 50.7 Å².